The zero-order chi connectivity index (χ0) is 26.3. The molecule has 22 heteroatoms. The Balaban J connectivity index is -0.0000000952. The van der Waals surface area contributed by atoms with E-state index in [4.69, 9.17) is 30.6 Å². The molecule has 38 heavy (non-hydrogen) atoms. The number of carboxylic acids is 5. The van der Waals surface area contributed by atoms with E-state index in [1.807, 2.05) is 0 Å². The number of rotatable bonds is 16. The minimum atomic E-state index is -2.20. The zero-order valence-electron chi connectivity index (χ0n) is 21.7. The standard InChI is InChI=1S/C10H16N2O8.C6H12O7.Ca.4Na/c13-7(14)3-11(4-8(15)16)1-2-12(5-9(17)18)6-10(19)20;7-1-2(8)3(9)4(10)5(11)6(12)13;;;;;/h1-6H2,(H,13,14)(H,15,16)(H,17,18)(H,19,20);2-5,7-11H,1H2,(H,12,13);;;;;/q;;+2;4*+1/p-4/t;2-,3-,4+,5-;;;;;/m.1...../s1. The van der Waals surface area contributed by atoms with Crippen molar-refractivity contribution in [2.45, 2.75) is 24.4 Å². The van der Waals surface area contributed by atoms with Crippen LogP contribution >= 0.6 is 0 Å². The van der Waals surface area contributed by atoms with E-state index >= 15 is 0 Å². The Hall–Kier alpha value is 2.33. The molecule has 0 saturated heterocycles. The molecule has 0 aliphatic heterocycles. The molecule has 0 aromatic heterocycles. The summed E-state index contributed by atoms with van der Waals surface area (Å²) in [5.41, 5.74) is 0. The Bertz CT molecular complexity index is 615. The van der Waals surface area contributed by atoms with Gasteiger partial charge in [-0.3, -0.25) is 9.80 Å². The van der Waals surface area contributed by atoms with Crippen LogP contribution in [-0.4, -0.2) is 178 Å². The number of carboxylic acid groups (broad SMARTS) is 5. The summed E-state index contributed by atoms with van der Waals surface area (Å²) in [5.74, 6) is -7.85. The number of carbonyl (C=O) groups excluding carboxylic acids is 4. The number of nitrogens with zero attached hydrogens (tertiary/aromatic N) is 2. The quantitative estimate of drug-likeness (QED) is 0.0877. The molecule has 4 atom stereocenters. The number of aliphatic hydroxyl groups is 5. The van der Waals surface area contributed by atoms with Crippen LogP contribution in [0, 0.1) is 0 Å². The molecule has 0 aromatic rings. The molecular formula is C16H24CaN2Na4O15+2. The van der Waals surface area contributed by atoms with Crippen LogP contribution in [0.2, 0.25) is 0 Å². The van der Waals surface area contributed by atoms with Crippen molar-refractivity contribution in [2.24, 2.45) is 0 Å². The van der Waals surface area contributed by atoms with Gasteiger partial charge in [0, 0.05) is 39.3 Å². The van der Waals surface area contributed by atoms with E-state index in [1.54, 1.807) is 0 Å². The molecule has 0 rings (SSSR count). The van der Waals surface area contributed by atoms with Gasteiger partial charge in [-0.15, -0.1) is 0 Å². The molecule has 0 aliphatic carbocycles. The summed E-state index contributed by atoms with van der Waals surface area (Å²) >= 11 is 0. The molecular weight excluding hydrogens is 592 g/mol. The van der Waals surface area contributed by atoms with Gasteiger partial charge in [0.1, 0.15) is 18.3 Å². The minimum absolute atomic E-state index is 0. The topological polar surface area (TPSA) is 305 Å². The van der Waals surface area contributed by atoms with Crippen molar-refractivity contribution < 1.29 is 193 Å². The maximum Gasteiger partial charge on any atom is 2.00 e. The Kier molecular flexibility index (Phi) is 47.7. The Morgan fingerprint density at radius 1 is 0.605 bits per heavy atom. The van der Waals surface area contributed by atoms with Crippen molar-refractivity contribution >= 4 is 67.6 Å². The predicted molar refractivity (Wildman–Crippen MR) is 97.4 cm³/mol. The van der Waals surface area contributed by atoms with Crippen LogP contribution in [0.1, 0.15) is 0 Å². The molecule has 0 spiro atoms. The van der Waals surface area contributed by atoms with Gasteiger partial charge < -0.3 is 70.2 Å². The number of carbonyl (C=O) groups is 5. The van der Waals surface area contributed by atoms with Crippen LogP contribution in [-0.2, 0) is 24.0 Å². The van der Waals surface area contributed by atoms with Crippen molar-refractivity contribution in [2.75, 3.05) is 45.9 Å². The van der Waals surface area contributed by atoms with Crippen LogP contribution in [0.25, 0.3) is 0 Å². The Labute approximate surface area is 335 Å². The molecule has 0 fully saturated rings. The number of aliphatic hydroxyl groups excluding tert-OH is 5. The SMILES string of the molecule is O=C(O)[C@H](O)[C@@H](O)[C@H](O)[C@H](O)CO.O=C([O-])CN(CCN(CC(=O)[O-])CC(=O)[O-])CC(=O)[O-].[Ca+2].[Na+].[Na+].[Na+].[Na+]. The molecule has 0 unspecified atom stereocenters. The normalized spacial score (nSPS) is 12.6. The van der Waals surface area contributed by atoms with Gasteiger partial charge >= 0.3 is 162 Å². The van der Waals surface area contributed by atoms with Gasteiger partial charge in [-0.1, -0.05) is 0 Å². The fraction of sp³-hybridized carbons (Fsp3) is 0.688. The second-order valence-electron chi connectivity index (χ2n) is 6.42. The first-order chi connectivity index (χ1) is 15.1. The van der Waals surface area contributed by atoms with Gasteiger partial charge in [-0.25, -0.2) is 4.79 Å². The first-order valence-corrected chi connectivity index (χ1v) is 8.92. The van der Waals surface area contributed by atoms with E-state index in [0.29, 0.717) is 0 Å². The van der Waals surface area contributed by atoms with Gasteiger partial charge in [-0.05, 0) is 0 Å². The van der Waals surface area contributed by atoms with Crippen LogP contribution < -0.4 is 139 Å². The smallest absolute Gasteiger partial charge is 0.549 e. The van der Waals surface area contributed by atoms with E-state index in [1.165, 1.54) is 0 Å². The summed E-state index contributed by atoms with van der Waals surface area (Å²) in [5, 5.41) is 93.4. The molecule has 0 aliphatic rings. The van der Waals surface area contributed by atoms with Crippen molar-refractivity contribution in [3.05, 3.63) is 0 Å². The first-order valence-electron chi connectivity index (χ1n) is 8.92. The third kappa shape index (κ3) is 31.3. The molecule has 17 nitrogen and oxygen atoms in total. The van der Waals surface area contributed by atoms with E-state index in [9.17, 15) is 44.4 Å². The van der Waals surface area contributed by atoms with Crippen molar-refractivity contribution in [1.82, 2.24) is 9.80 Å². The number of aliphatic carboxylic acids is 5. The van der Waals surface area contributed by atoms with Crippen LogP contribution in [0.4, 0.5) is 0 Å². The summed E-state index contributed by atoms with van der Waals surface area (Å²) in [7, 11) is 0. The van der Waals surface area contributed by atoms with Gasteiger partial charge in [0.05, 0.1) is 30.5 Å². The summed E-state index contributed by atoms with van der Waals surface area (Å²) in [4.78, 5) is 53.5. The second-order valence-corrected chi connectivity index (χ2v) is 6.42. The second kappa shape index (κ2) is 32.2. The summed E-state index contributed by atoms with van der Waals surface area (Å²) in [6.07, 6.45) is -7.84. The van der Waals surface area contributed by atoms with E-state index in [2.05, 4.69) is 0 Å². The molecule has 0 radical (unpaired) electrons. The van der Waals surface area contributed by atoms with Crippen molar-refractivity contribution in [1.29, 1.82) is 0 Å². The van der Waals surface area contributed by atoms with Crippen LogP contribution in [0.15, 0.2) is 0 Å². The number of hydrogen-bond donors (Lipinski definition) is 6. The third-order valence-electron chi connectivity index (χ3n) is 3.65. The molecule has 0 bridgehead atoms. The largest absolute Gasteiger partial charge is 2.00 e. The van der Waals surface area contributed by atoms with Gasteiger partial charge in [0.2, 0.25) is 0 Å². The monoisotopic (exact) mass is 616 g/mol. The summed E-state index contributed by atoms with van der Waals surface area (Å²) in [6.45, 7) is -4.09. The zero-order valence-corrected chi connectivity index (χ0v) is 31.9. The first kappa shape index (κ1) is 56.2. The third-order valence-corrected chi connectivity index (χ3v) is 3.65. The van der Waals surface area contributed by atoms with Gasteiger partial charge in [-0.2, -0.15) is 0 Å². The average molecular weight is 616 g/mol. The van der Waals surface area contributed by atoms with Crippen LogP contribution in [0.3, 0.4) is 0 Å². The van der Waals surface area contributed by atoms with E-state index < -0.39 is 87.0 Å². The molecule has 192 valence electrons. The molecule has 0 saturated carbocycles. The maximum absolute atomic E-state index is 10.4. The van der Waals surface area contributed by atoms with Gasteiger partial charge in [0.15, 0.2) is 6.10 Å². The fourth-order valence-electron chi connectivity index (χ4n) is 2.11. The summed E-state index contributed by atoms with van der Waals surface area (Å²) in [6, 6.07) is 0. The fourth-order valence-corrected chi connectivity index (χ4v) is 2.11. The average Bonchev–Trinajstić information content (AvgIpc) is 2.68. The summed E-state index contributed by atoms with van der Waals surface area (Å²) < 4.78 is 0. The molecule has 6 N–H and O–H groups in total. The maximum atomic E-state index is 10.4. The number of hydrogen-bond acceptors (Lipinski definition) is 16. The Morgan fingerprint density at radius 3 is 1.05 bits per heavy atom. The van der Waals surface area contributed by atoms with E-state index in [0.717, 1.165) is 9.80 Å². The van der Waals surface area contributed by atoms with E-state index in [-0.39, 0.29) is 169 Å². The van der Waals surface area contributed by atoms with Crippen molar-refractivity contribution in [3.8, 4) is 0 Å². The van der Waals surface area contributed by atoms with Gasteiger partial charge in [0.25, 0.3) is 0 Å². The molecule has 0 amide bonds. The molecule has 0 aromatic carbocycles. The van der Waals surface area contributed by atoms with Crippen molar-refractivity contribution in [3.63, 3.8) is 0 Å². The molecule has 0 heterocycles. The Morgan fingerprint density at radius 2 is 0.868 bits per heavy atom. The predicted octanol–water partition coefficient (Wildman–Crippen LogP) is -23.3. The van der Waals surface area contributed by atoms with Crippen LogP contribution in [0.5, 0.6) is 0 Å². The minimum Gasteiger partial charge on any atom is -0.549 e.